The van der Waals surface area contributed by atoms with Crippen LogP contribution in [0.25, 0.3) is 27.8 Å². The van der Waals surface area contributed by atoms with Crippen molar-refractivity contribution in [1.29, 1.82) is 5.26 Å². The van der Waals surface area contributed by atoms with Crippen LogP contribution in [0, 0.1) is 23.7 Å². The van der Waals surface area contributed by atoms with Gasteiger partial charge in [-0.05, 0) is 30.4 Å². The highest BCUT2D eigenvalue weighted by Crippen LogP contribution is 2.32. The molecular formula is C29H27N9O. The number of fused-ring (bicyclic) bond motifs is 1. The molecule has 0 aliphatic carbocycles. The van der Waals surface area contributed by atoms with Crippen LogP contribution in [-0.2, 0) is 11.8 Å². The van der Waals surface area contributed by atoms with Gasteiger partial charge < -0.3 is 9.80 Å². The standard InChI is InChI=1S/C29H27N9O/c1-4-5-6-25(31-2)14-28(39)37-11-9-36(10-12-37)27-8-7-21(16-32-27)26-13-22(24-18-33-35(3)19-24)20-38-29(26)23(15-30)17-34-38/h1,5-8,13,16-20H,9-12,14H2,2-3H3/b6-5-,31-25+. The Kier molecular flexibility index (Phi) is 7.19. The largest absolute Gasteiger partial charge is 0.353 e. The monoisotopic (exact) mass is 517 g/mol. The van der Waals surface area contributed by atoms with Crippen LogP contribution in [0.1, 0.15) is 12.0 Å². The summed E-state index contributed by atoms with van der Waals surface area (Å²) in [4.78, 5) is 25.6. The van der Waals surface area contributed by atoms with Crippen LogP contribution in [0.2, 0.25) is 0 Å². The molecule has 0 atom stereocenters. The van der Waals surface area contributed by atoms with Crippen LogP contribution in [0.15, 0.2) is 66.3 Å². The van der Waals surface area contributed by atoms with Crippen molar-refractivity contribution in [2.75, 3.05) is 38.1 Å². The molecule has 0 unspecified atom stereocenters. The lowest BCUT2D eigenvalue weighted by atomic mass is 10.0. The van der Waals surface area contributed by atoms with Gasteiger partial charge in [-0.25, -0.2) is 9.50 Å². The number of hydrogen-bond donors (Lipinski definition) is 0. The van der Waals surface area contributed by atoms with Crippen molar-refractivity contribution in [1.82, 2.24) is 29.3 Å². The lowest BCUT2D eigenvalue weighted by molar-refractivity contribution is -0.130. The summed E-state index contributed by atoms with van der Waals surface area (Å²) in [6.07, 6.45) is 17.8. The lowest BCUT2D eigenvalue weighted by Gasteiger charge is -2.35. The Labute approximate surface area is 226 Å². The van der Waals surface area contributed by atoms with E-state index in [-0.39, 0.29) is 12.3 Å². The molecule has 39 heavy (non-hydrogen) atoms. The maximum Gasteiger partial charge on any atom is 0.228 e. The predicted octanol–water partition coefficient (Wildman–Crippen LogP) is 2.97. The molecule has 1 saturated heterocycles. The molecule has 0 spiro atoms. The molecule has 1 fully saturated rings. The first-order valence-corrected chi connectivity index (χ1v) is 12.5. The van der Waals surface area contributed by atoms with Crippen LogP contribution in [0.5, 0.6) is 0 Å². The molecule has 0 bridgehead atoms. The second-order valence-corrected chi connectivity index (χ2v) is 9.17. The van der Waals surface area contributed by atoms with E-state index in [1.165, 1.54) is 0 Å². The quantitative estimate of drug-likeness (QED) is 0.288. The minimum absolute atomic E-state index is 0.0341. The van der Waals surface area contributed by atoms with Gasteiger partial charge in [0.1, 0.15) is 11.9 Å². The fraction of sp³-hybridized carbons (Fsp3) is 0.241. The highest BCUT2D eigenvalue weighted by atomic mass is 16.2. The van der Waals surface area contributed by atoms with E-state index < -0.39 is 0 Å². The van der Waals surface area contributed by atoms with E-state index in [9.17, 15) is 10.1 Å². The summed E-state index contributed by atoms with van der Waals surface area (Å²) in [5.41, 5.74) is 5.54. The predicted molar refractivity (Wildman–Crippen MR) is 150 cm³/mol. The average Bonchev–Trinajstić information content (AvgIpc) is 3.60. The average molecular weight is 518 g/mol. The molecule has 1 aliphatic rings. The number of pyridine rings is 2. The fourth-order valence-corrected chi connectivity index (χ4v) is 4.69. The summed E-state index contributed by atoms with van der Waals surface area (Å²) in [6.45, 7) is 2.57. The zero-order valence-corrected chi connectivity index (χ0v) is 21.8. The molecule has 1 aliphatic heterocycles. The number of aromatic nitrogens is 5. The smallest absolute Gasteiger partial charge is 0.228 e. The molecule has 0 radical (unpaired) electrons. The van der Waals surface area contributed by atoms with Gasteiger partial charge in [0.2, 0.25) is 5.91 Å². The number of rotatable bonds is 6. The van der Waals surface area contributed by atoms with Crippen molar-refractivity contribution in [3.05, 3.63) is 66.9 Å². The van der Waals surface area contributed by atoms with Gasteiger partial charge in [-0.1, -0.05) is 5.92 Å². The summed E-state index contributed by atoms with van der Waals surface area (Å²) in [6, 6.07) is 8.28. The van der Waals surface area contributed by atoms with Gasteiger partial charge in [-0.3, -0.25) is 14.5 Å². The summed E-state index contributed by atoms with van der Waals surface area (Å²) in [5.74, 6) is 3.30. The first kappa shape index (κ1) is 25.4. The number of hydrogen-bond acceptors (Lipinski definition) is 7. The van der Waals surface area contributed by atoms with E-state index in [0.717, 1.165) is 33.6 Å². The van der Waals surface area contributed by atoms with E-state index in [0.29, 0.717) is 37.5 Å². The number of piperazine rings is 1. The number of amides is 1. The van der Waals surface area contributed by atoms with Crippen LogP contribution < -0.4 is 4.90 Å². The number of aryl methyl sites for hydroxylation is 1. The minimum atomic E-state index is 0.0341. The lowest BCUT2D eigenvalue weighted by Crippen LogP contribution is -2.49. The van der Waals surface area contributed by atoms with Gasteiger partial charge in [0.15, 0.2) is 0 Å². The third kappa shape index (κ3) is 5.27. The first-order chi connectivity index (χ1) is 19.0. The fourth-order valence-electron chi connectivity index (χ4n) is 4.69. The van der Waals surface area contributed by atoms with E-state index in [2.05, 4.69) is 32.1 Å². The van der Waals surface area contributed by atoms with E-state index >= 15 is 0 Å². The maximum absolute atomic E-state index is 12.7. The van der Waals surface area contributed by atoms with Crippen molar-refractivity contribution in [3.8, 4) is 40.7 Å². The van der Waals surface area contributed by atoms with Crippen molar-refractivity contribution in [3.63, 3.8) is 0 Å². The Morgan fingerprint density at radius 1 is 1.10 bits per heavy atom. The molecule has 1 amide bonds. The Morgan fingerprint density at radius 3 is 2.56 bits per heavy atom. The number of terminal acetylenes is 1. The zero-order chi connectivity index (χ0) is 27.4. The highest BCUT2D eigenvalue weighted by molar-refractivity contribution is 6.07. The van der Waals surface area contributed by atoms with Crippen LogP contribution in [-0.4, -0.2) is 74.1 Å². The number of carbonyl (C=O) groups excluding carboxylic acids is 1. The van der Waals surface area contributed by atoms with Crippen molar-refractivity contribution in [2.45, 2.75) is 6.42 Å². The van der Waals surface area contributed by atoms with Gasteiger partial charge in [0, 0.05) is 86.8 Å². The van der Waals surface area contributed by atoms with Gasteiger partial charge in [-0.15, -0.1) is 6.42 Å². The second-order valence-electron chi connectivity index (χ2n) is 9.17. The second kappa shape index (κ2) is 11.0. The molecule has 194 valence electrons. The van der Waals surface area contributed by atoms with E-state index in [4.69, 9.17) is 11.4 Å². The number of carbonyl (C=O) groups is 1. The third-order valence-corrected chi connectivity index (χ3v) is 6.78. The molecule has 0 aromatic carbocycles. The van der Waals surface area contributed by atoms with Gasteiger partial charge in [0.05, 0.1) is 29.9 Å². The summed E-state index contributed by atoms with van der Waals surface area (Å²) in [7, 11) is 3.53. The first-order valence-electron chi connectivity index (χ1n) is 12.5. The number of nitriles is 1. The van der Waals surface area contributed by atoms with Crippen LogP contribution in [0.3, 0.4) is 0 Å². The number of aliphatic imine (C=N–C) groups is 1. The third-order valence-electron chi connectivity index (χ3n) is 6.78. The number of nitrogens with zero attached hydrogens (tertiary/aromatic N) is 9. The van der Waals surface area contributed by atoms with Gasteiger partial charge in [0.25, 0.3) is 0 Å². The molecule has 4 aromatic heterocycles. The Morgan fingerprint density at radius 2 is 1.92 bits per heavy atom. The zero-order valence-electron chi connectivity index (χ0n) is 21.8. The van der Waals surface area contributed by atoms with E-state index in [1.807, 2.05) is 48.7 Å². The molecule has 0 N–H and O–H groups in total. The van der Waals surface area contributed by atoms with Crippen molar-refractivity contribution < 1.29 is 4.79 Å². The Hall–Kier alpha value is -5.22. The van der Waals surface area contributed by atoms with Crippen LogP contribution >= 0.6 is 0 Å². The topological polar surface area (TPSA) is 108 Å². The van der Waals surface area contributed by atoms with Gasteiger partial charge in [-0.2, -0.15) is 15.5 Å². The summed E-state index contributed by atoms with van der Waals surface area (Å²) in [5, 5.41) is 18.4. The molecule has 5 rings (SSSR count). The number of allylic oxidation sites excluding steroid dienone is 2. The van der Waals surface area contributed by atoms with E-state index in [1.54, 1.807) is 40.8 Å². The summed E-state index contributed by atoms with van der Waals surface area (Å²) < 4.78 is 3.48. The summed E-state index contributed by atoms with van der Waals surface area (Å²) >= 11 is 0. The van der Waals surface area contributed by atoms with Gasteiger partial charge >= 0.3 is 0 Å². The molecule has 5 heterocycles. The molecule has 4 aromatic rings. The van der Waals surface area contributed by atoms with Crippen molar-refractivity contribution >= 4 is 23.0 Å². The Bertz CT molecular complexity index is 1650. The molecule has 10 nitrogen and oxygen atoms in total. The highest BCUT2D eigenvalue weighted by Gasteiger charge is 2.23. The molecule has 10 heteroatoms. The SMILES string of the molecule is C#C/C=C\C(CC(=O)N1CCN(c2ccc(-c3cc(-c4cnn(C)c4)cn4ncc(C#N)c34)cn2)CC1)=N/C. The molecular weight excluding hydrogens is 490 g/mol. The normalized spacial score (nSPS) is 14.1. The van der Waals surface area contributed by atoms with Crippen molar-refractivity contribution in [2.24, 2.45) is 12.0 Å². The Balaban J connectivity index is 1.34. The van der Waals surface area contributed by atoms with Crippen LogP contribution in [0.4, 0.5) is 5.82 Å². The minimum Gasteiger partial charge on any atom is -0.353 e. The molecule has 0 saturated carbocycles. The number of anilines is 1. The maximum atomic E-state index is 12.7.